The van der Waals surface area contributed by atoms with Crippen molar-refractivity contribution >= 4 is 28.7 Å². The molecule has 12 heteroatoms. The van der Waals surface area contributed by atoms with Crippen molar-refractivity contribution in [2.24, 2.45) is 0 Å². The van der Waals surface area contributed by atoms with E-state index in [1.807, 2.05) is 29.2 Å². The van der Waals surface area contributed by atoms with Gasteiger partial charge < -0.3 is 20.1 Å². The first-order valence-corrected chi connectivity index (χ1v) is 10.3. The topological polar surface area (TPSA) is 119 Å². The summed E-state index contributed by atoms with van der Waals surface area (Å²) in [7, 11) is 0. The number of halogens is 3. The van der Waals surface area contributed by atoms with Crippen molar-refractivity contribution in [3.05, 3.63) is 64.6 Å². The number of hydrogen-bond acceptors (Lipinski definition) is 5. The Morgan fingerprint density at radius 1 is 0.912 bits per heavy atom. The number of alkyl halides is 3. The van der Waals surface area contributed by atoms with E-state index in [1.165, 1.54) is 12.1 Å². The molecule has 0 aliphatic carbocycles. The van der Waals surface area contributed by atoms with E-state index in [0.29, 0.717) is 25.3 Å². The summed E-state index contributed by atoms with van der Waals surface area (Å²) < 4.78 is 40.5. The van der Waals surface area contributed by atoms with Crippen LogP contribution in [0, 0.1) is 0 Å². The zero-order valence-corrected chi connectivity index (χ0v) is 18.0. The van der Waals surface area contributed by atoms with E-state index in [-0.39, 0.29) is 5.69 Å². The lowest BCUT2D eigenvalue weighted by molar-refractivity contribution is -0.159. The maximum atomic E-state index is 12.9. The van der Waals surface area contributed by atoms with Crippen LogP contribution >= 0.6 is 0 Å². The largest absolute Gasteiger partial charge is 0.473 e. The molecular formula is C22H23F3N4O5. The fourth-order valence-corrected chi connectivity index (χ4v) is 3.68. The normalized spacial score (nSPS) is 14.5. The van der Waals surface area contributed by atoms with Gasteiger partial charge >= 0.3 is 23.8 Å². The molecule has 2 aromatic carbocycles. The number of nitrogens with one attached hydrogen (secondary N) is 1. The number of carbonyl (C=O) groups is 2. The molecule has 2 heterocycles. The lowest BCUT2D eigenvalue weighted by Gasteiger charge is -2.36. The van der Waals surface area contributed by atoms with Crippen LogP contribution in [0.15, 0.2) is 53.3 Å². The number of aliphatic carboxylic acids is 2. The van der Waals surface area contributed by atoms with E-state index >= 15 is 0 Å². The quantitative estimate of drug-likeness (QED) is 0.491. The second kappa shape index (κ2) is 10.4. The molecule has 1 saturated heterocycles. The molecule has 1 aliphatic heterocycles. The highest BCUT2D eigenvalue weighted by Gasteiger charge is 2.31. The number of anilines is 1. The van der Waals surface area contributed by atoms with E-state index in [4.69, 9.17) is 19.8 Å². The minimum Gasteiger partial charge on any atom is -0.473 e. The van der Waals surface area contributed by atoms with Gasteiger partial charge in [0.25, 0.3) is 0 Å². The summed E-state index contributed by atoms with van der Waals surface area (Å²) >= 11 is 0. The molecule has 9 nitrogen and oxygen atoms in total. The molecule has 1 aliphatic rings. The molecule has 0 saturated carbocycles. The molecule has 0 atom stereocenters. The Bertz CT molecular complexity index is 1200. The second-order valence-corrected chi connectivity index (χ2v) is 7.59. The van der Waals surface area contributed by atoms with Crippen molar-refractivity contribution in [2.75, 3.05) is 37.6 Å². The molecule has 0 radical (unpaired) electrons. The smallest absolute Gasteiger partial charge is 0.416 e. The summed E-state index contributed by atoms with van der Waals surface area (Å²) in [5.74, 6) is -3.65. The Hall–Kier alpha value is -3.80. The fourth-order valence-electron chi connectivity index (χ4n) is 3.68. The summed E-state index contributed by atoms with van der Waals surface area (Å²) in [5, 5.41) is 14.8. The van der Waals surface area contributed by atoms with Crippen molar-refractivity contribution in [1.82, 2.24) is 14.5 Å². The lowest BCUT2D eigenvalue weighted by Crippen LogP contribution is -2.47. The predicted molar refractivity (Wildman–Crippen MR) is 118 cm³/mol. The number of hydrogen-bond donors (Lipinski definition) is 3. The van der Waals surface area contributed by atoms with Gasteiger partial charge in [0.05, 0.1) is 16.6 Å². The minimum atomic E-state index is -4.33. The maximum absolute atomic E-state index is 12.9. The monoisotopic (exact) mass is 480 g/mol. The number of para-hydroxylation sites is 2. The van der Waals surface area contributed by atoms with Crippen molar-refractivity contribution in [2.45, 2.75) is 12.7 Å². The molecule has 3 N–H and O–H groups in total. The third-order valence-electron chi connectivity index (χ3n) is 5.42. The van der Waals surface area contributed by atoms with E-state index in [0.717, 1.165) is 36.7 Å². The van der Waals surface area contributed by atoms with Gasteiger partial charge in [0.1, 0.15) is 0 Å². The van der Waals surface area contributed by atoms with Crippen molar-refractivity contribution in [3.63, 3.8) is 0 Å². The number of fused-ring (bicyclic) bond motifs is 1. The SMILES string of the molecule is O=C(O)C(=O)O.O=c1[nH]c2ccccc2n1CCN1CCN(c2cccc(C(F)(F)F)c2)CC1. The highest BCUT2D eigenvalue weighted by atomic mass is 19.4. The number of piperazine rings is 1. The van der Waals surface area contributed by atoms with Crippen LogP contribution in [0.1, 0.15) is 5.56 Å². The molecular weight excluding hydrogens is 457 g/mol. The Morgan fingerprint density at radius 3 is 2.18 bits per heavy atom. The fraction of sp³-hybridized carbons (Fsp3) is 0.318. The summed E-state index contributed by atoms with van der Waals surface area (Å²) in [6.07, 6.45) is -4.33. The number of H-pyrrole nitrogens is 1. The summed E-state index contributed by atoms with van der Waals surface area (Å²) in [6.45, 7) is 4.10. The summed E-state index contributed by atoms with van der Waals surface area (Å²) in [6, 6.07) is 13.1. The number of imidazole rings is 1. The van der Waals surface area contributed by atoms with Crippen LogP contribution in [0.25, 0.3) is 11.0 Å². The van der Waals surface area contributed by atoms with E-state index in [9.17, 15) is 18.0 Å². The highest BCUT2D eigenvalue weighted by molar-refractivity contribution is 6.27. The van der Waals surface area contributed by atoms with Gasteiger partial charge in [-0.2, -0.15) is 13.2 Å². The molecule has 0 bridgehead atoms. The van der Waals surface area contributed by atoms with Crippen LogP contribution in [-0.4, -0.2) is 69.3 Å². The molecule has 1 aromatic heterocycles. The highest BCUT2D eigenvalue weighted by Crippen LogP contribution is 2.31. The summed E-state index contributed by atoms with van der Waals surface area (Å²) in [5.41, 5.74) is 1.56. The molecule has 3 aromatic rings. The zero-order valence-electron chi connectivity index (χ0n) is 18.0. The Labute approximate surface area is 191 Å². The van der Waals surface area contributed by atoms with Gasteiger partial charge in [-0.15, -0.1) is 0 Å². The van der Waals surface area contributed by atoms with Gasteiger partial charge in [-0.05, 0) is 30.3 Å². The van der Waals surface area contributed by atoms with Gasteiger partial charge in [0.2, 0.25) is 0 Å². The average Bonchev–Trinajstić information content (AvgIpc) is 3.13. The zero-order chi connectivity index (χ0) is 24.9. The van der Waals surface area contributed by atoms with Crippen LogP contribution < -0.4 is 10.6 Å². The third-order valence-corrected chi connectivity index (χ3v) is 5.42. The molecule has 34 heavy (non-hydrogen) atoms. The maximum Gasteiger partial charge on any atom is 0.416 e. The Balaban J connectivity index is 0.000000481. The number of benzene rings is 2. The van der Waals surface area contributed by atoms with Gasteiger partial charge in [-0.1, -0.05) is 18.2 Å². The molecule has 0 spiro atoms. The Kier molecular flexibility index (Phi) is 7.61. The second-order valence-electron chi connectivity index (χ2n) is 7.59. The number of carboxylic acid groups (broad SMARTS) is 2. The number of rotatable bonds is 4. The van der Waals surface area contributed by atoms with Gasteiger partial charge in [-0.25, -0.2) is 14.4 Å². The van der Waals surface area contributed by atoms with Crippen molar-refractivity contribution in [1.29, 1.82) is 0 Å². The summed E-state index contributed by atoms with van der Waals surface area (Å²) in [4.78, 5) is 37.4. The lowest BCUT2D eigenvalue weighted by atomic mass is 10.1. The first-order chi connectivity index (χ1) is 16.1. The van der Waals surface area contributed by atoms with Gasteiger partial charge in [0.15, 0.2) is 0 Å². The number of nitrogens with zero attached hydrogens (tertiary/aromatic N) is 3. The van der Waals surface area contributed by atoms with E-state index in [2.05, 4.69) is 9.88 Å². The van der Waals surface area contributed by atoms with Gasteiger partial charge in [-0.3, -0.25) is 9.47 Å². The first-order valence-electron chi connectivity index (χ1n) is 10.3. The van der Waals surface area contributed by atoms with Crippen LogP contribution in [0.2, 0.25) is 0 Å². The molecule has 182 valence electrons. The van der Waals surface area contributed by atoms with E-state index in [1.54, 1.807) is 10.6 Å². The van der Waals surface area contributed by atoms with Crippen molar-refractivity contribution in [3.8, 4) is 0 Å². The molecule has 4 rings (SSSR count). The number of aromatic nitrogens is 2. The first kappa shape index (κ1) is 24.8. The third kappa shape index (κ3) is 6.16. The molecule has 1 fully saturated rings. The van der Waals surface area contributed by atoms with E-state index < -0.39 is 23.7 Å². The Morgan fingerprint density at radius 2 is 1.56 bits per heavy atom. The average molecular weight is 480 g/mol. The standard InChI is InChI=1S/C20H21F3N4O.C2H2O4/c21-20(22,23)15-4-3-5-16(14-15)26-11-8-25(9-12-26)10-13-27-18-7-2-1-6-17(18)24-19(27)28;3-1(4)2(5)6/h1-7,14H,8-13H2,(H,24,28);(H,3,4)(H,5,6). The van der Waals surface area contributed by atoms with Crippen LogP contribution in [0.4, 0.5) is 18.9 Å². The molecule has 0 unspecified atom stereocenters. The van der Waals surface area contributed by atoms with Gasteiger partial charge in [0, 0.05) is 45.0 Å². The van der Waals surface area contributed by atoms with Crippen LogP contribution in [-0.2, 0) is 22.3 Å². The molecule has 0 amide bonds. The number of carboxylic acids is 2. The predicted octanol–water partition coefficient (Wildman–Crippen LogP) is 2.33. The number of aromatic amines is 1. The minimum absolute atomic E-state index is 0.121. The van der Waals surface area contributed by atoms with Crippen molar-refractivity contribution < 1.29 is 33.0 Å². The van der Waals surface area contributed by atoms with Crippen LogP contribution in [0.3, 0.4) is 0 Å². The van der Waals surface area contributed by atoms with Crippen LogP contribution in [0.5, 0.6) is 0 Å².